The Morgan fingerprint density at radius 1 is 1.25 bits per heavy atom. The van der Waals surface area contributed by atoms with Gasteiger partial charge in [0.1, 0.15) is 0 Å². The maximum atomic E-state index is 12.1. The number of amides is 2. The number of hydrogen-bond acceptors (Lipinski definition) is 4. The van der Waals surface area contributed by atoms with Crippen molar-refractivity contribution < 1.29 is 14.0 Å². The van der Waals surface area contributed by atoms with Crippen molar-refractivity contribution >= 4 is 11.8 Å². The van der Waals surface area contributed by atoms with Crippen LogP contribution in [-0.2, 0) is 11.3 Å². The highest BCUT2D eigenvalue weighted by Crippen LogP contribution is 2.07. The van der Waals surface area contributed by atoms with Crippen LogP contribution in [0.3, 0.4) is 0 Å². The van der Waals surface area contributed by atoms with Gasteiger partial charge in [-0.2, -0.15) is 5.26 Å². The van der Waals surface area contributed by atoms with E-state index < -0.39 is 0 Å². The molecule has 1 aromatic heterocycles. The highest BCUT2D eigenvalue weighted by Gasteiger charge is 2.11. The van der Waals surface area contributed by atoms with E-state index in [2.05, 4.69) is 11.4 Å². The Kier molecular flexibility index (Phi) is 6.15. The summed E-state index contributed by atoms with van der Waals surface area (Å²) in [4.78, 5) is 25.4. The zero-order chi connectivity index (χ0) is 17.4. The molecule has 0 aliphatic carbocycles. The topological polar surface area (TPSA) is 86.3 Å². The SMILES string of the molecule is CN(Cc1ccc(C#N)cc1)C(=O)CCCNC(=O)c1ccco1. The van der Waals surface area contributed by atoms with Gasteiger partial charge in [-0.3, -0.25) is 9.59 Å². The standard InChI is InChI=1S/C18H19N3O3/c1-21(13-15-8-6-14(12-19)7-9-15)17(22)5-2-10-20-18(23)16-4-3-11-24-16/h3-4,6-9,11H,2,5,10,13H2,1H3,(H,20,23). The average Bonchev–Trinajstić information content (AvgIpc) is 3.13. The zero-order valence-corrected chi connectivity index (χ0v) is 13.5. The van der Waals surface area contributed by atoms with E-state index in [0.29, 0.717) is 31.5 Å². The third-order valence-electron chi connectivity index (χ3n) is 3.53. The lowest BCUT2D eigenvalue weighted by atomic mass is 10.1. The van der Waals surface area contributed by atoms with Gasteiger partial charge >= 0.3 is 0 Å². The summed E-state index contributed by atoms with van der Waals surface area (Å²) >= 11 is 0. The molecule has 6 nitrogen and oxygen atoms in total. The summed E-state index contributed by atoms with van der Waals surface area (Å²) in [5, 5.41) is 11.5. The van der Waals surface area contributed by atoms with E-state index in [9.17, 15) is 9.59 Å². The molecule has 2 aromatic rings. The molecule has 24 heavy (non-hydrogen) atoms. The molecule has 0 unspecified atom stereocenters. The van der Waals surface area contributed by atoms with Crippen molar-refractivity contribution in [3.05, 3.63) is 59.5 Å². The Hall–Kier alpha value is -3.07. The first-order chi connectivity index (χ1) is 11.6. The van der Waals surface area contributed by atoms with Crippen molar-refractivity contribution in [2.45, 2.75) is 19.4 Å². The molecule has 0 fully saturated rings. The monoisotopic (exact) mass is 325 g/mol. The molecule has 1 N–H and O–H groups in total. The Morgan fingerprint density at radius 2 is 2.00 bits per heavy atom. The van der Waals surface area contributed by atoms with Crippen LogP contribution in [0.1, 0.15) is 34.5 Å². The van der Waals surface area contributed by atoms with Gasteiger partial charge in [0, 0.05) is 26.6 Å². The average molecular weight is 325 g/mol. The first-order valence-corrected chi connectivity index (χ1v) is 7.65. The van der Waals surface area contributed by atoms with E-state index in [-0.39, 0.29) is 17.6 Å². The molecule has 0 aliphatic heterocycles. The quantitative estimate of drug-likeness (QED) is 0.792. The molecule has 124 valence electrons. The number of furan rings is 1. The van der Waals surface area contributed by atoms with Gasteiger partial charge in [0.25, 0.3) is 5.91 Å². The lowest BCUT2D eigenvalue weighted by molar-refractivity contribution is -0.130. The van der Waals surface area contributed by atoms with Crippen LogP contribution in [0.4, 0.5) is 0 Å². The second kappa shape index (κ2) is 8.53. The minimum absolute atomic E-state index is 0.00612. The second-order valence-electron chi connectivity index (χ2n) is 5.40. The zero-order valence-electron chi connectivity index (χ0n) is 13.5. The molecule has 0 radical (unpaired) electrons. The summed E-state index contributed by atoms with van der Waals surface area (Å²) in [5.74, 6) is -0.00995. The van der Waals surface area contributed by atoms with Crippen molar-refractivity contribution in [1.29, 1.82) is 5.26 Å². The minimum atomic E-state index is -0.279. The molecule has 0 atom stereocenters. The molecule has 2 amide bonds. The Labute approximate surface area is 140 Å². The molecule has 2 rings (SSSR count). The fraction of sp³-hybridized carbons (Fsp3) is 0.278. The van der Waals surface area contributed by atoms with Crippen molar-refractivity contribution in [1.82, 2.24) is 10.2 Å². The van der Waals surface area contributed by atoms with Crippen LogP contribution >= 0.6 is 0 Å². The first kappa shape index (κ1) is 17.3. The Morgan fingerprint density at radius 3 is 2.62 bits per heavy atom. The van der Waals surface area contributed by atoms with Gasteiger partial charge in [-0.15, -0.1) is 0 Å². The number of carbonyl (C=O) groups excluding carboxylic acids is 2. The van der Waals surface area contributed by atoms with Crippen LogP contribution in [-0.4, -0.2) is 30.3 Å². The van der Waals surface area contributed by atoms with Crippen molar-refractivity contribution in [3.63, 3.8) is 0 Å². The highest BCUT2D eigenvalue weighted by molar-refractivity contribution is 5.91. The van der Waals surface area contributed by atoms with E-state index in [1.807, 2.05) is 12.1 Å². The van der Waals surface area contributed by atoms with Crippen LogP contribution in [0.25, 0.3) is 0 Å². The summed E-state index contributed by atoms with van der Waals surface area (Å²) in [7, 11) is 1.74. The maximum Gasteiger partial charge on any atom is 0.286 e. The van der Waals surface area contributed by atoms with E-state index in [4.69, 9.17) is 9.68 Å². The second-order valence-corrected chi connectivity index (χ2v) is 5.40. The van der Waals surface area contributed by atoms with Crippen molar-refractivity contribution in [2.24, 2.45) is 0 Å². The van der Waals surface area contributed by atoms with E-state index in [1.165, 1.54) is 6.26 Å². The first-order valence-electron chi connectivity index (χ1n) is 7.65. The molecule has 1 aromatic carbocycles. The lowest BCUT2D eigenvalue weighted by Crippen LogP contribution is -2.28. The highest BCUT2D eigenvalue weighted by atomic mass is 16.3. The molecule has 1 heterocycles. The number of rotatable bonds is 7. The number of nitriles is 1. The van der Waals surface area contributed by atoms with Gasteiger partial charge in [0.05, 0.1) is 17.9 Å². The summed E-state index contributed by atoms with van der Waals surface area (Å²) in [6.07, 6.45) is 2.35. The number of nitrogens with one attached hydrogen (secondary N) is 1. The van der Waals surface area contributed by atoms with E-state index in [1.54, 1.807) is 36.2 Å². The van der Waals surface area contributed by atoms with Crippen LogP contribution in [0.15, 0.2) is 47.1 Å². The van der Waals surface area contributed by atoms with Crippen LogP contribution in [0.5, 0.6) is 0 Å². The predicted octanol–water partition coefficient (Wildman–Crippen LogP) is 2.32. The largest absolute Gasteiger partial charge is 0.459 e. The molecule has 6 heteroatoms. The lowest BCUT2D eigenvalue weighted by Gasteiger charge is -2.17. The van der Waals surface area contributed by atoms with Gasteiger partial charge in [0.2, 0.25) is 5.91 Å². The molecule has 0 aliphatic rings. The van der Waals surface area contributed by atoms with Crippen molar-refractivity contribution in [2.75, 3.05) is 13.6 Å². The van der Waals surface area contributed by atoms with Gasteiger partial charge < -0.3 is 14.6 Å². The van der Waals surface area contributed by atoms with Crippen molar-refractivity contribution in [3.8, 4) is 6.07 Å². The summed E-state index contributed by atoms with van der Waals surface area (Å²) in [6, 6.07) is 12.4. The van der Waals surface area contributed by atoms with Gasteiger partial charge in [-0.05, 0) is 36.2 Å². The van der Waals surface area contributed by atoms with Crippen LogP contribution in [0.2, 0.25) is 0 Å². The van der Waals surface area contributed by atoms with Gasteiger partial charge in [-0.1, -0.05) is 12.1 Å². The maximum absolute atomic E-state index is 12.1. The molecule has 0 bridgehead atoms. The third kappa shape index (κ3) is 4.99. The molecular weight excluding hydrogens is 306 g/mol. The summed E-state index contributed by atoms with van der Waals surface area (Å²) in [5.41, 5.74) is 1.57. The molecular formula is C18H19N3O3. The summed E-state index contributed by atoms with van der Waals surface area (Å²) in [6.45, 7) is 0.902. The number of nitrogens with zero attached hydrogens (tertiary/aromatic N) is 2. The molecule has 0 saturated carbocycles. The van der Waals surface area contributed by atoms with E-state index >= 15 is 0 Å². The predicted molar refractivity (Wildman–Crippen MR) is 87.9 cm³/mol. The normalized spacial score (nSPS) is 10.0. The number of benzene rings is 1. The fourth-order valence-electron chi connectivity index (χ4n) is 2.17. The Bertz CT molecular complexity index is 715. The van der Waals surface area contributed by atoms with Crippen LogP contribution < -0.4 is 5.32 Å². The van der Waals surface area contributed by atoms with Crippen LogP contribution in [0, 0.1) is 11.3 Å². The smallest absolute Gasteiger partial charge is 0.286 e. The fourth-order valence-corrected chi connectivity index (χ4v) is 2.17. The Balaban J connectivity index is 1.69. The number of hydrogen-bond donors (Lipinski definition) is 1. The summed E-state index contributed by atoms with van der Waals surface area (Å²) < 4.78 is 4.99. The van der Waals surface area contributed by atoms with Gasteiger partial charge in [-0.25, -0.2) is 0 Å². The van der Waals surface area contributed by atoms with Gasteiger partial charge in [0.15, 0.2) is 5.76 Å². The minimum Gasteiger partial charge on any atom is -0.459 e. The molecule has 0 saturated heterocycles. The number of carbonyl (C=O) groups is 2. The van der Waals surface area contributed by atoms with E-state index in [0.717, 1.165) is 5.56 Å². The molecule has 0 spiro atoms. The third-order valence-corrected chi connectivity index (χ3v) is 3.53.